The zero-order valence-electron chi connectivity index (χ0n) is 5.66. The lowest BCUT2D eigenvalue weighted by Gasteiger charge is -1.97. The molecule has 0 bridgehead atoms. The van der Waals surface area contributed by atoms with E-state index in [-0.39, 0.29) is 17.1 Å². The topological polar surface area (TPSA) is 79.8 Å². The molecule has 0 aliphatic carbocycles. The van der Waals surface area contributed by atoms with Crippen molar-refractivity contribution in [1.82, 2.24) is 4.98 Å². The van der Waals surface area contributed by atoms with Crippen LogP contribution in [0.1, 0.15) is 11.3 Å². The molecule has 3 N–H and O–H groups in total. The molecule has 4 heteroatoms. The van der Waals surface area contributed by atoms with Crippen molar-refractivity contribution in [2.24, 2.45) is 5.73 Å². The number of aromatic nitrogens is 1. The van der Waals surface area contributed by atoms with Crippen LogP contribution < -0.4 is 5.73 Å². The number of carbonyl (C=O) groups excluding carboxylic acids is 1. The molecule has 1 rings (SSSR count). The molecule has 0 saturated heterocycles. The minimum Gasteiger partial charge on any atom is -0.382 e. The molecule has 0 saturated carbocycles. The van der Waals surface area contributed by atoms with Crippen LogP contribution in [0.15, 0.2) is 18.3 Å². The Balaban J connectivity index is 3.22. The van der Waals surface area contributed by atoms with Crippen LogP contribution in [0, 0.1) is 5.41 Å². The van der Waals surface area contributed by atoms with Gasteiger partial charge in [-0.25, -0.2) is 0 Å². The number of nitrogens with zero attached hydrogens (tertiary/aromatic N) is 1. The summed E-state index contributed by atoms with van der Waals surface area (Å²) < 4.78 is 0. The van der Waals surface area contributed by atoms with Crippen LogP contribution in [0.3, 0.4) is 0 Å². The number of amidine groups is 1. The van der Waals surface area contributed by atoms with Crippen LogP contribution in [-0.2, 0) is 4.79 Å². The number of hydrogen-bond acceptors (Lipinski definition) is 3. The molecular formula is C7H6N3O. The maximum Gasteiger partial charge on any atom is 0.235 e. The molecule has 0 aliphatic rings. The Hall–Kier alpha value is -1.71. The Bertz CT molecular complexity index is 295. The Kier molecular flexibility index (Phi) is 1.96. The van der Waals surface area contributed by atoms with E-state index in [0.29, 0.717) is 0 Å². The van der Waals surface area contributed by atoms with E-state index in [1.807, 2.05) is 0 Å². The summed E-state index contributed by atoms with van der Waals surface area (Å²) in [6.07, 6.45) is 3.11. The van der Waals surface area contributed by atoms with Gasteiger partial charge in [0.25, 0.3) is 0 Å². The Labute approximate surface area is 63.6 Å². The zero-order valence-corrected chi connectivity index (χ0v) is 5.66. The largest absolute Gasteiger partial charge is 0.382 e. The molecule has 11 heavy (non-hydrogen) atoms. The van der Waals surface area contributed by atoms with Gasteiger partial charge in [-0.05, 0) is 12.1 Å². The average molecular weight is 148 g/mol. The highest BCUT2D eigenvalue weighted by molar-refractivity contribution is 6.00. The number of nitrogens with two attached hydrogens (primary N) is 1. The molecule has 0 unspecified atom stereocenters. The van der Waals surface area contributed by atoms with Gasteiger partial charge in [0.1, 0.15) is 11.5 Å². The van der Waals surface area contributed by atoms with E-state index in [9.17, 15) is 4.79 Å². The first-order valence-electron chi connectivity index (χ1n) is 2.93. The van der Waals surface area contributed by atoms with Crippen LogP contribution in [0.25, 0.3) is 0 Å². The fourth-order valence-electron chi connectivity index (χ4n) is 0.702. The van der Waals surface area contributed by atoms with E-state index in [4.69, 9.17) is 11.1 Å². The molecule has 0 atom stereocenters. The highest BCUT2D eigenvalue weighted by Gasteiger charge is 2.04. The van der Waals surface area contributed by atoms with Gasteiger partial charge in [0, 0.05) is 6.20 Å². The summed E-state index contributed by atoms with van der Waals surface area (Å²) in [5, 5.41) is 7.02. The number of rotatable bonds is 2. The summed E-state index contributed by atoms with van der Waals surface area (Å²) in [6, 6.07) is 3.10. The number of pyridine rings is 1. The molecule has 0 aromatic carbocycles. The Morgan fingerprint density at radius 3 is 2.91 bits per heavy atom. The van der Waals surface area contributed by atoms with Gasteiger partial charge in [0.15, 0.2) is 0 Å². The summed E-state index contributed by atoms with van der Waals surface area (Å²) in [4.78, 5) is 14.0. The second-order valence-electron chi connectivity index (χ2n) is 1.92. The predicted octanol–water partition coefficient (Wildman–Crippen LogP) is -0.177. The maximum absolute atomic E-state index is 10.2. The molecule has 1 aromatic heterocycles. The average Bonchev–Trinajstić information content (AvgIpc) is 2.04. The summed E-state index contributed by atoms with van der Waals surface area (Å²) in [5.41, 5.74) is 5.54. The number of nitrogen functional groups attached to an aromatic ring is 1. The molecule has 0 aliphatic heterocycles. The third-order valence-corrected chi connectivity index (χ3v) is 1.17. The molecule has 0 amide bonds. The summed E-state index contributed by atoms with van der Waals surface area (Å²) in [7, 11) is 0. The molecule has 0 fully saturated rings. The highest BCUT2D eigenvalue weighted by atomic mass is 16.1. The maximum atomic E-state index is 10.2. The molecule has 1 aromatic rings. The Morgan fingerprint density at radius 2 is 2.45 bits per heavy atom. The van der Waals surface area contributed by atoms with Crippen LogP contribution in [0.4, 0.5) is 0 Å². The van der Waals surface area contributed by atoms with Crippen molar-refractivity contribution in [2.75, 3.05) is 0 Å². The minimum atomic E-state index is -0.219. The quantitative estimate of drug-likeness (QED) is 0.451. The van der Waals surface area contributed by atoms with Gasteiger partial charge in [-0.3, -0.25) is 15.2 Å². The van der Waals surface area contributed by atoms with E-state index >= 15 is 0 Å². The summed E-state index contributed by atoms with van der Waals surface area (Å²) >= 11 is 0. The van der Waals surface area contributed by atoms with Crippen molar-refractivity contribution in [3.63, 3.8) is 0 Å². The second kappa shape index (κ2) is 2.92. The first-order valence-corrected chi connectivity index (χ1v) is 2.93. The fraction of sp³-hybridized carbons (Fsp3) is 0. The van der Waals surface area contributed by atoms with Crippen molar-refractivity contribution < 1.29 is 4.79 Å². The van der Waals surface area contributed by atoms with E-state index in [2.05, 4.69) is 4.98 Å². The van der Waals surface area contributed by atoms with Crippen molar-refractivity contribution in [3.8, 4) is 0 Å². The van der Waals surface area contributed by atoms with Gasteiger partial charge in [0.2, 0.25) is 6.29 Å². The van der Waals surface area contributed by atoms with Crippen LogP contribution in [0.5, 0.6) is 0 Å². The van der Waals surface area contributed by atoms with Gasteiger partial charge in [-0.15, -0.1) is 0 Å². The van der Waals surface area contributed by atoms with E-state index in [1.54, 1.807) is 12.4 Å². The minimum absolute atomic E-state index is 0.183. The lowest BCUT2D eigenvalue weighted by molar-refractivity contribution is 0.562. The molecule has 4 nitrogen and oxygen atoms in total. The second-order valence-corrected chi connectivity index (χ2v) is 1.92. The van der Waals surface area contributed by atoms with E-state index in [1.165, 1.54) is 12.3 Å². The van der Waals surface area contributed by atoms with Crippen molar-refractivity contribution >= 4 is 12.1 Å². The number of hydrogen-bond donors (Lipinski definition) is 2. The normalized spacial score (nSPS) is 9.09. The Morgan fingerprint density at radius 1 is 1.73 bits per heavy atom. The summed E-state index contributed by atoms with van der Waals surface area (Å²) in [6.45, 7) is 0. The van der Waals surface area contributed by atoms with Crippen molar-refractivity contribution in [1.29, 1.82) is 5.41 Å². The third-order valence-electron chi connectivity index (χ3n) is 1.17. The highest BCUT2D eigenvalue weighted by Crippen LogP contribution is 1.99. The van der Waals surface area contributed by atoms with E-state index in [0.717, 1.165) is 0 Å². The first-order chi connectivity index (χ1) is 5.25. The van der Waals surface area contributed by atoms with Gasteiger partial charge >= 0.3 is 0 Å². The van der Waals surface area contributed by atoms with Gasteiger partial charge in [0.05, 0.1) is 5.56 Å². The predicted molar refractivity (Wildman–Crippen MR) is 40.0 cm³/mol. The van der Waals surface area contributed by atoms with Crippen LogP contribution in [-0.4, -0.2) is 17.1 Å². The lowest BCUT2D eigenvalue weighted by atomic mass is 10.2. The van der Waals surface area contributed by atoms with Crippen LogP contribution in [0.2, 0.25) is 0 Å². The lowest BCUT2D eigenvalue weighted by Crippen LogP contribution is -2.15. The molecular weight excluding hydrogens is 142 g/mol. The zero-order chi connectivity index (χ0) is 8.27. The molecule has 55 valence electrons. The molecule has 1 heterocycles. The van der Waals surface area contributed by atoms with Gasteiger partial charge in [-0.1, -0.05) is 0 Å². The molecule has 1 radical (unpaired) electrons. The summed E-state index contributed by atoms with van der Waals surface area (Å²) in [5.74, 6) is -0.219. The SMILES string of the molecule is N=C(N)c1ncccc1[C]=O. The first kappa shape index (κ1) is 7.40. The van der Waals surface area contributed by atoms with Crippen molar-refractivity contribution in [2.45, 2.75) is 0 Å². The number of nitrogens with one attached hydrogen (secondary N) is 1. The standard InChI is InChI=1S/C7H6N3O/c8-7(9)6-5(4-11)2-1-3-10-6/h1-3H,(H3,8,9). The fourth-order valence-corrected chi connectivity index (χ4v) is 0.702. The van der Waals surface area contributed by atoms with Crippen molar-refractivity contribution in [3.05, 3.63) is 29.6 Å². The smallest absolute Gasteiger partial charge is 0.235 e. The monoisotopic (exact) mass is 148 g/mol. The molecule has 0 spiro atoms. The van der Waals surface area contributed by atoms with Gasteiger partial charge in [-0.2, -0.15) is 0 Å². The van der Waals surface area contributed by atoms with Crippen LogP contribution >= 0.6 is 0 Å². The van der Waals surface area contributed by atoms with E-state index < -0.39 is 0 Å². The van der Waals surface area contributed by atoms with Gasteiger partial charge < -0.3 is 5.73 Å². The third kappa shape index (κ3) is 1.40.